The molecule has 1 aliphatic carbocycles. The first kappa shape index (κ1) is 10.9. The van der Waals surface area contributed by atoms with Crippen LogP contribution in [-0.2, 0) is 0 Å². The van der Waals surface area contributed by atoms with E-state index in [2.05, 4.69) is 20.5 Å². The number of hydrogen-bond donors (Lipinski definition) is 2. The van der Waals surface area contributed by atoms with Crippen LogP contribution in [0.2, 0.25) is 0 Å². The van der Waals surface area contributed by atoms with E-state index in [4.69, 9.17) is 0 Å². The minimum Gasteiger partial charge on any atom is -0.313 e. The van der Waals surface area contributed by atoms with Gasteiger partial charge >= 0.3 is 0 Å². The summed E-state index contributed by atoms with van der Waals surface area (Å²) in [6.07, 6.45) is 8.49. The van der Waals surface area contributed by atoms with Crippen LogP contribution in [0.5, 0.6) is 0 Å². The number of H-pyrrole nitrogens is 1. The predicted molar refractivity (Wildman–Crippen MR) is 63.6 cm³/mol. The SMILES string of the molecule is O=c1cc(NN=C2CCCCCC2)nc[nH]1. The number of aromatic nitrogens is 2. The van der Waals surface area contributed by atoms with Gasteiger partial charge in [0.1, 0.15) is 0 Å². The van der Waals surface area contributed by atoms with E-state index in [1.807, 2.05) is 0 Å². The fourth-order valence-electron chi connectivity index (χ4n) is 1.81. The summed E-state index contributed by atoms with van der Waals surface area (Å²) in [5.74, 6) is 0.500. The van der Waals surface area contributed by atoms with Crippen molar-refractivity contribution in [3.8, 4) is 0 Å². The molecule has 5 heteroatoms. The lowest BCUT2D eigenvalue weighted by Gasteiger charge is -2.02. The normalized spacial score (nSPS) is 16.6. The Hall–Kier alpha value is -1.65. The summed E-state index contributed by atoms with van der Waals surface area (Å²) in [5, 5.41) is 4.31. The molecule has 1 heterocycles. The van der Waals surface area contributed by atoms with Crippen LogP contribution in [-0.4, -0.2) is 15.7 Å². The molecular formula is C11H16N4O. The monoisotopic (exact) mass is 220 g/mol. The molecule has 0 saturated heterocycles. The van der Waals surface area contributed by atoms with Crippen molar-refractivity contribution in [2.24, 2.45) is 5.10 Å². The number of hydrogen-bond acceptors (Lipinski definition) is 4. The number of aromatic amines is 1. The Labute approximate surface area is 94.0 Å². The van der Waals surface area contributed by atoms with Crippen molar-refractivity contribution in [3.63, 3.8) is 0 Å². The second kappa shape index (κ2) is 5.44. The summed E-state index contributed by atoms with van der Waals surface area (Å²) in [6, 6.07) is 1.40. The van der Waals surface area contributed by atoms with Gasteiger partial charge in [0.2, 0.25) is 0 Å². The van der Waals surface area contributed by atoms with E-state index in [0.29, 0.717) is 5.82 Å². The number of anilines is 1. The Balaban J connectivity index is 1.99. The molecule has 1 saturated carbocycles. The zero-order chi connectivity index (χ0) is 11.2. The second-order valence-electron chi connectivity index (χ2n) is 4.00. The van der Waals surface area contributed by atoms with Crippen molar-refractivity contribution in [2.45, 2.75) is 38.5 Å². The van der Waals surface area contributed by atoms with Crippen molar-refractivity contribution >= 4 is 11.5 Å². The molecule has 86 valence electrons. The summed E-state index contributed by atoms with van der Waals surface area (Å²) >= 11 is 0. The van der Waals surface area contributed by atoms with E-state index in [1.54, 1.807) is 0 Å². The summed E-state index contributed by atoms with van der Waals surface area (Å²) in [7, 11) is 0. The van der Waals surface area contributed by atoms with Gasteiger partial charge < -0.3 is 4.98 Å². The van der Waals surface area contributed by atoms with Gasteiger partial charge in [-0.15, -0.1) is 0 Å². The Kier molecular flexibility index (Phi) is 3.69. The molecule has 0 radical (unpaired) electrons. The molecule has 1 aromatic rings. The Morgan fingerprint density at radius 1 is 1.25 bits per heavy atom. The van der Waals surface area contributed by atoms with E-state index in [1.165, 1.54) is 43.8 Å². The van der Waals surface area contributed by atoms with E-state index >= 15 is 0 Å². The first-order valence-electron chi connectivity index (χ1n) is 5.71. The van der Waals surface area contributed by atoms with E-state index in [0.717, 1.165) is 12.8 Å². The Morgan fingerprint density at radius 3 is 2.69 bits per heavy atom. The zero-order valence-electron chi connectivity index (χ0n) is 9.20. The number of rotatable bonds is 2. The van der Waals surface area contributed by atoms with Crippen LogP contribution in [0.25, 0.3) is 0 Å². The van der Waals surface area contributed by atoms with Crippen molar-refractivity contribution in [3.05, 3.63) is 22.7 Å². The Morgan fingerprint density at radius 2 is 2.00 bits per heavy atom. The van der Waals surface area contributed by atoms with Gasteiger partial charge in [0.15, 0.2) is 5.82 Å². The molecule has 1 fully saturated rings. The number of nitrogens with zero attached hydrogens (tertiary/aromatic N) is 2. The van der Waals surface area contributed by atoms with E-state index in [9.17, 15) is 4.79 Å². The van der Waals surface area contributed by atoms with Gasteiger partial charge in [-0.25, -0.2) is 4.98 Å². The summed E-state index contributed by atoms with van der Waals surface area (Å²) in [6.45, 7) is 0. The molecule has 1 aliphatic rings. The van der Waals surface area contributed by atoms with Crippen LogP contribution in [0.4, 0.5) is 5.82 Å². The molecule has 2 N–H and O–H groups in total. The average Bonchev–Trinajstić information content (AvgIpc) is 2.55. The fraction of sp³-hybridized carbons (Fsp3) is 0.545. The van der Waals surface area contributed by atoms with Crippen LogP contribution in [0.3, 0.4) is 0 Å². The third kappa shape index (κ3) is 3.18. The topological polar surface area (TPSA) is 70.1 Å². The molecule has 2 rings (SSSR count). The molecule has 0 atom stereocenters. The molecule has 0 aliphatic heterocycles. The minimum atomic E-state index is -0.168. The van der Waals surface area contributed by atoms with Gasteiger partial charge in [-0.1, -0.05) is 12.8 Å². The van der Waals surface area contributed by atoms with Crippen molar-refractivity contribution in [1.29, 1.82) is 0 Å². The first-order valence-corrected chi connectivity index (χ1v) is 5.71. The van der Waals surface area contributed by atoms with Crippen LogP contribution in [0.15, 0.2) is 22.3 Å². The maximum absolute atomic E-state index is 11.0. The van der Waals surface area contributed by atoms with Crippen molar-refractivity contribution in [2.75, 3.05) is 5.43 Å². The lowest BCUT2D eigenvalue weighted by molar-refractivity contribution is 0.702. The maximum atomic E-state index is 11.0. The van der Waals surface area contributed by atoms with Crippen LogP contribution in [0, 0.1) is 0 Å². The molecule has 16 heavy (non-hydrogen) atoms. The standard InChI is InChI=1S/C11H16N4O/c16-11-7-10(12-8-13-11)15-14-9-5-3-1-2-4-6-9/h7-8H,1-6H2,(H2,12,13,15,16). The van der Waals surface area contributed by atoms with Crippen LogP contribution < -0.4 is 11.0 Å². The van der Waals surface area contributed by atoms with Gasteiger partial charge in [-0.3, -0.25) is 10.2 Å². The Bertz CT molecular complexity index is 414. The van der Waals surface area contributed by atoms with Crippen LogP contribution in [0.1, 0.15) is 38.5 Å². The molecule has 0 amide bonds. The quantitative estimate of drug-likeness (QED) is 0.590. The zero-order valence-corrected chi connectivity index (χ0v) is 9.20. The minimum absolute atomic E-state index is 0.168. The first-order chi connectivity index (χ1) is 7.84. The molecule has 0 bridgehead atoms. The van der Waals surface area contributed by atoms with Gasteiger partial charge in [0, 0.05) is 11.8 Å². The summed E-state index contributed by atoms with van der Waals surface area (Å²) in [4.78, 5) is 17.5. The van der Waals surface area contributed by atoms with Gasteiger partial charge in [-0.2, -0.15) is 5.10 Å². The summed E-state index contributed by atoms with van der Waals surface area (Å²) < 4.78 is 0. The lowest BCUT2D eigenvalue weighted by atomic mass is 10.2. The number of nitrogens with one attached hydrogen (secondary N) is 2. The highest BCUT2D eigenvalue weighted by Gasteiger charge is 2.05. The molecule has 0 aromatic carbocycles. The van der Waals surface area contributed by atoms with Gasteiger partial charge in [0.25, 0.3) is 5.56 Å². The highest BCUT2D eigenvalue weighted by molar-refractivity contribution is 5.85. The molecule has 1 aromatic heterocycles. The van der Waals surface area contributed by atoms with Crippen molar-refractivity contribution < 1.29 is 0 Å². The summed E-state index contributed by atoms with van der Waals surface area (Å²) in [5.41, 5.74) is 3.85. The number of hydrazone groups is 1. The molecule has 0 unspecified atom stereocenters. The molecular weight excluding hydrogens is 204 g/mol. The molecule has 5 nitrogen and oxygen atoms in total. The largest absolute Gasteiger partial charge is 0.313 e. The van der Waals surface area contributed by atoms with E-state index < -0.39 is 0 Å². The third-order valence-corrected chi connectivity index (χ3v) is 2.69. The van der Waals surface area contributed by atoms with Crippen molar-refractivity contribution in [1.82, 2.24) is 9.97 Å². The van der Waals surface area contributed by atoms with Crippen LogP contribution >= 0.6 is 0 Å². The third-order valence-electron chi connectivity index (χ3n) is 2.69. The highest BCUT2D eigenvalue weighted by Crippen LogP contribution is 2.14. The lowest BCUT2D eigenvalue weighted by Crippen LogP contribution is -2.07. The maximum Gasteiger partial charge on any atom is 0.252 e. The fourth-order valence-corrected chi connectivity index (χ4v) is 1.81. The second-order valence-corrected chi connectivity index (χ2v) is 4.00. The highest BCUT2D eigenvalue weighted by atomic mass is 16.1. The molecule has 0 spiro atoms. The van der Waals surface area contributed by atoms with Gasteiger partial charge in [-0.05, 0) is 25.7 Å². The predicted octanol–water partition coefficient (Wildman–Crippen LogP) is 1.89. The van der Waals surface area contributed by atoms with E-state index in [-0.39, 0.29) is 5.56 Å². The average molecular weight is 220 g/mol. The smallest absolute Gasteiger partial charge is 0.252 e. The van der Waals surface area contributed by atoms with Gasteiger partial charge in [0.05, 0.1) is 6.33 Å².